The van der Waals surface area contributed by atoms with Crippen molar-refractivity contribution in [2.24, 2.45) is 0 Å². The van der Waals surface area contributed by atoms with Crippen LogP contribution in [-0.2, 0) is 14.9 Å². The van der Waals surface area contributed by atoms with E-state index >= 15 is 0 Å². The number of benzene rings is 2. The molecule has 2 N–H and O–H groups in total. The molecule has 132 valence electrons. The molecule has 0 radical (unpaired) electrons. The molecule has 1 saturated carbocycles. The first-order valence-electron chi connectivity index (χ1n) is 8.30. The summed E-state index contributed by atoms with van der Waals surface area (Å²) in [6, 6.07) is 11.1. The highest BCUT2D eigenvalue weighted by atomic mass is 19.1. The molecule has 26 heavy (non-hydrogen) atoms. The number of aromatic nitrogens is 1. The smallest absolute Gasteiger partial charge is 0.337 e. The van der Waals surface area contributed by atoms with Crippen molar-refractivity contribution in [2.75, 3.05) is 12.4 Å². The highest BCUT2D eigenvalue weighted by molar-refractivity contribution is 6.05. The lowest BCUT2D eigenvalue weighted by atomic mass is 9.94. The first-order valence-corrected chi connectivity index (χ1v) is 8.30. The van der Waals surface area contributed by atoms with Gasteiger partial charge in [0.1, 0.15) is 5.82 Å². The molecule has 1 heterocycles. The fourth-order valence-corrected chi connectivity index (χ4v) is 3.33. The molecule has 0 unspecified atom stereocenters. The quantitative estimate of drug-likeness (QED) is 0.702. The van der Waals surface area contributed by atoms with Crippen molar-refractivity contribution in [3.8, 4) is 0 Å². The zero-order chi connectivity index (χ0) is 18.3. The van der Waals surface area contributed by atoms with E-state index in [1.54, 1.807) is 36.5 Å². The molecule has 1 fully saturated rings. The number of carbonyl (C=O) groups is 2. The minimum atomic E-state index is -0.628. The van der Waals surface area contributed by atoms with E-state index in [-0.39, 0.29) is 11.7 Å². The van der Waals surface area contributed by atoms with Crippen molar-refractivity contribution in [3.05, 3.63) is 65.6 Å². The van der Waals surface area contributed by atoms with Gasteiger partial charge in [-0.25, -0.2) is 9.18 Å². The Bertz CT molecular complexity index is 1020. The molecule has 1 amide bonds. The van der Waals surface area contributed by atoms with Gasteiger partial charge < -0.3 is 15.0 Å². The zero-order valence-corrected chi connectivity index (χ0v) is 14.1. The van der Waals surface area contributed by atoms with E-state index in [0.717, 1.165) is 23.8 Å². The summed E-state index contributed by atoms with van der Waals surface area (Å²) in [7, 11) is 1.31. The number of ether oxygens (including phenoxy) is 1. The number of carbonyl (C=O) groups excluding carboxylic acids is 2. The van der Waals surface area contributed by atoms with Gasteiger partial charge in [0.05, 0.1) is 18.1 Å². The molecular formula is C20H17FN2O3. The summed E-state index contributed by atoms with van der Waals surface area (Å²) in [5.41, 5.74) is 1.82. The average Bonchev–Trinajstić information content (AvgIpc) is 3.35. The van der Waals surface area contributed by atoms with Gasteiger partial charge >= 0.3 is 5.97 Å². The van der Waals surface area contributed by atoms with E-state index in [0.29, 0.717) is 16.8 Å². The lowest BCUT2D eigenvalue weighted by Crippen LogP contribution is -2.27. The van der Waals surface area contributed by atoms with Gasteiger partial charge in [0, 0.05) is 22.8 Å². The van der Waals surface area contributed by atoms with Gasteiger partial charge in [-0.15, -0.1) is 0 Å². The number of esters is 1. The number of fused-ring (bicyclic) bond motifs is 1. The fraction of sp³-hybridized carbons (Fsp3) is 0.200. The Morgan fingerprint density at radius 1 is 1.19 bits per heavy atom. The van der Waals surface area contributed by atoms with Gasteiger partial charge in [-0.1, -0.05) is 6.07 Å². The Morgan fingerprint density at radius 3 is 2.73 bits per heavy atom. The van der Waals surface area contributed by atoms with Crippen LogP contribution in [0.1, 0.15) is 28.8 Å². The van der Waals surface area contributed by atoms with Crippen LogP contribution in [-0.4, -0.2) is 24.0 Å². The molecule has 0 atom stereocenters. The Labute approximate surface area is 149 Å². The SMILES string of the molecule is COC(=O)c1cccc(NC(=O)C2(c3c[nH]c4cc(F)ccc34)CC2)c1. The summed E-state index contributed by atoms with van der Waals surface area (Å²) >= 11 is 0. The normalized spacial score (nSPS) is 14.8. The summed E-state index contributed by atoms with van der Waals surface area (Å²) in [6.45, 7) is 0. The van der Waals surface area contributed by atoms with Crippen LogP contribution in [0, 0.1) is 5.82 Å². The van der Waals surface area contributed by atoms with Crippen molar-refractivity contribution < 1.29 is 18.7 Å². The van der Waals surface area contributed by atoms with Crippen LogP contribution in [0.2, 0.25) is 0 Å². The minimum Gasteiger partial charge on any atom is -0.465 e. The van der Waals surface area contributed by atoms with Gasteiger partial charge in [-0.05, 0) is 54.8 Å². The molecule has 0 spiro atoms. The molecule has 1 aliphatic rings. The Hall–Kier alpha value is -3.15. The second-order valence-electron chi connectivity index (χ2n) is 6.50. The third-order valence-corrected chi connectivity index (χ3v) is 4.89. The lowest BCUT2D eigenvalue weighted by molar-refractivity contribution is -0.118. The van der Waals surface area contributed by atoms with Crippen molar-refractivity contribution in [2.45, 2.75) is 18.3 Å². The number of rotatable bonds is 4. The largest absolute Gasteiger partial charge is 0.465 e. The van der Waals surface area contributed by atoms with E-state index in [1.165, 1.54) is 19.2 Å². The van der Waals surface area contributed by atoms with Crippen molar-refractivity contribution in [3.63, 3.8) is 0 Å². The van der Waals surface area contributed by atoms with E-state index in [9.17, 15) is 14.0 Å². The van der Waals surface area contributed by atoms with E-state index in [2.05, 4.69) is 10.3 Å². The Balaban J connectivity index is 1.63. The maximum Gasteiger partial charge on any atom is 0.337 e. The maximum atomic E-state index is 13.4. The van der Waals surface area contributed by atoms with Gasteiger partial charge in [-0.3, -0.25) is 4.79 Å². The summed E-state index contributed by atoms with van der Waals surface area (Å²) in [5.74, 6) is -0.912. The monoisotopic (exact) mass is 352 g/mol. The van der Waals surface area contributed by atoms with Crippen LogP contribution in [0.15, 0.2) is 48.7 Å². The summed E-state index contributed by atoms with van der Waals surface area (Å²) in [6.07, 6.45) is 3.22. The summed E-state index contributed by atoms with van der Waals surface area (Å²) in [5, 5.41) is 3.74. The van der Waals surface area contributed by atoms with Crippen LogP contribution < -0.4 is 5.32 Å². The minimum absolute atomic E-state index is 0.134. The third kappa shape index (κ3) is 2.63. The third-order valence-electron chi connectivity index (χ3n) is 4.89. The molecule has 5 nitrogen and oxygen atoms in total. The van der Waals surface area contributed by atoms with E-state index in [4.69, 9.17) is 4.74 Å². The molecule has 0 bridgehead atoms. The standard InChI is InChI=1S/C20H17FN2O3/c1-26-18(24)12-3-2-4-14(9-12)23-19(25)20(7-8-20)16-11-22-17-10-13(21)5-6-15(16)17/h2-6,9-11,22H,7-8H2,1H3,(H,23,25). The fourth-order valence-electron chi connectivity index (χ4n) is 3.33. The molecule has 4 rings (SSSR count). The van der Waals surface area contributed by atoms with Crippen LogP contribution >= 0.6 is 0 Å². The van der Waals surface area contributed by atoms with Gasteiger partial charge in [0.15, 0.2) is 0 Å². The number of aromatic amines is 1. The molecule has 3 aromatic rings. The predicted octanol–water partition coefficient (Wildman–Crippen LogP) is 3.76. The number of H-pyrrole nitrogens is 1. The molecule has 2 aromatic carbocycles. The number of halogens is 1. The topological polar surface area (TPSA) is 71.2 Å². The maximum absolute atomic E-state index is 13.4. The Morgan fingerprint density at radius 2 is 2.00 bits per heavy atom. The van der Waals surface area contributed by atoms with Crippen LogP contribution in [0.4, 0.5) is 10.1 Å². The number of methoxy groups -OCH3 is 1. The molecule has 1 aliphatic carbocycles. The Kier molecular flexibility index (Phi) is 3.76. The number of anilines is 1. The van der Waals surface area contributed by atoms with Crippen molar-refractivity contribution >= 4 is 28.5 Å². The van der Waals surface area contributed by atoms with Gasteiger partial charge in [0.2, 0.25) is 5.91 Å². The highest BCUT2D eigenvalue weighted by Gasteiger charge is 2.52. The zero-order valence-electron chi connectivity index (χ0n) is 14.1. The molecule has 1 aromatic heterocycles. The van der Waals surface area contributed by atoms with Gasteiger partial charge in [0.25, 0.3) is 0 Å². The lowest BCUT2D eigenvalue weighted by Gasteiger charge is -2.15. The highest BCUT2D eigenvalue weighted by Crippen LogP contribution is 2.51. The molecular weight excluding hydrogens is 335 g/mol. The summed E-state index contributed by atoms with van der Waals surface area (Å²) < 4.78 is 18.1. The number of amides is 1. The first-order chi connectivity index (χ1) is 12.5. The van der Waals surface area contributed by atoms with Crippen molar-refractivity contribution in [1.29, 1.82) is 0 Å². The molecule has 6 heteroatoms. The number of hydrogen-bond acceptors (Lipinski definition) is 3. The molecule has 0 saturated heterocycles. The summed E-state index contributed by atoms with van der Waals surface area (Å²) in [4.78, 5) is 27.6. The number of hydrogen-bond donors (Lipinski definition) is 2. The number of nitrogens with one attached hydrogen (secondary N) is 2. The van der Waals surface area contributed by atoms with Crippen LogP contribution in [0.3, 0.4) is 0 Å². The van der Waals surface area contributed by atoms with E-state index < -0.39 is 11.4 Å². The van der Waals surface area contributed by atoms with E-state index in [1.807, 2.05) is 0 Å². The van der Waals surface area contributed by atoms with Gasteiger partial charge in [-0.2, -0.15) is 0 Å². The van der Waals surface area contributed by atoms with Crippen LogP contribution in [0.25, 0.3) is 10.9 Å². The second-order valence-corrected chi connectivity index (χ2v) is 6.50. The predicted molar refractivity (Wildman–Crippen MR) is 95.6 cm³/mol. The van der Waals surface area contributed by atoms with Crippen LogP contribution in [0.5, 0.6) is 0 Å². The molecule has 0 aliphatic heterocycles. The van der Waals surface area contributed by atoms with Crippen molar-refractivity contribution in [1.82, 2.24) is 4.98 Å². The average molecular weight is 352 g/mol. The first kappa shape index (κ1) is 16.3. The second kappa shape index (κ2) is 5.98.